The van der Waals surface area contributed by atoms with E-state index in [0.717, 1.165) is 19.3 Å². The van der Waals surface area contributed by atoms with E-state index in [4.69, 9.17) is 0 Å². The van der Waals surface area contributed by atoms with E-state index in [1.54, 1.807) is 5.57 Å². The fraction of sp³-hybridized carbons (Fsp3) is 0.714. The largest absolute Gasteiger partial charge is 0.393 e. The van der Waals surface area contributed by atoms with Gasteiger partial charge >= 0.3 is 0 Å². The molecule has 0 radical (unpaired) electrons. The first-order valence-electron chi connectivity index (χ1n) is 12.2. The van der Waals surface area contributed by atoms with Gasteiger partial charge in [-0.2, -0.15) is 0 Å². The summed E-state index contributed by atoms with van der Waals surface area (Å²) in [5, 5.41) is 20.3. The second-order valence-electron chi connectivity index (χ2n) is 11.2. The zero-order valence-corrected chi connectivity index (χ0v) is 20.0. The van der Waals surface area contributed by atoms with Crippen molar-refractivity contribution in [2.75, 3.05) is 0 Å². The van der Waals surface area contributed by atoms with Crippen molar-refractivity contribution in [3.63, 3.8) is 0 Å². The number of fused-ring (bicyclic) bond motifs is 1. The van der Waals surface area contributed by atoms with Crippen molar-refractivity contribution < 1.29 is 10.2 Å². The Hall–Kier alpha value is -1.12. The second-order valence-corrected chi connectivity index (χ2v) is 11.2. The van der Waals surface area contributed by atoms with Gasteiger partial charge in [-0.25, -0.2) is 0 Å². The average molecular weight is 413 g/mol. The minimum atomic E-state index is -0.663. The fourth-order valence-corrected chi connectivity index (χ4v) is 6.25. The molecule has 3 aliphatic carbocycles. The van der Waals surface area contributed by atoms with Gasteiger partial charge in [-0.3, -0.25) is 0 Å². The lowest BCUT2D eigenvalue weighted by atomic mass is 9.61. The van der Waals surface area contributed by atoms with Crippen LogP contribution in [-0.2, 0) is 0 Å². The van der Waals surface area contributed by atoms with Crippen LogP contribution in [-0.4, -0.2) is 21.9 Å². The third-order valence-corrected chi connectivity index (χ3v) is 8.68. The van der Waals surface area contributed by atoms with Gasteiger partial charge in [0.1, 0.15) is 0 Å². The van der Waals surface area contributed by atoms with E-state index in [1.807, 2.05) is 13.8 Å². The van der Waals surface area contributed by atoms with E-state index in [0.29, 0.717) is 23.2 Å². The summed E-state index contributed by atoms with van der Waals surface area (Å²) < 4.78 is 0. The third kappa shape index (κ3) is 5.02. The molecule has 30 heavy (non-hydrogen) atoms. The smallest absolute Gasteiger partial charge is 0.0651 e. The van der Waals surface area contributed by atoms with Crippen molar-refractivity contribution in [1.29, 1.82) is 0 Å². The average Bonchev–Trinajstić information content (AvgIpc) is 3.03. The molecule has 0 bridgehead atoms. The first kappa shape index (κ1) is 23.5. The molecule has 2 N–H and O–H groups in total. The first-order chi connectivity index (χ1) is 14.0. The van der Waals surface area contributed by atoms with Crippen molar-refractivity contribution in [2.45, 2.75) is 97.7 Å². The molecule has 168 valence electrons. The summed E-state index contributed by atoms with van der Waals surface area (Å²) in [5.74, 6) is 2.08. The SMILES string of the molecule is C=C1CC[C@H](O)C/C1=C/C=C1CCC[C@]2(C)[C@@H]([C@H](C)/C=C/[C@H](C)C(C)(C)O)CC[C@@H]12. The molecule has 0 aromatic heterocycles. The highest BCUT2D eigenvalue weighted by Gasteiger charge is 2.50. The Bertz CT molecular complexity index is 719. The van der Waals surface area contributed by atoms with Crippen LogP contribution in [0.25, 0.3) is 0 Å². The molecule has 3 saturated carbocycles. The van der Waals surface area contributed by atoms with Crippen LogP contribution >= 0.6 is 0 Å². The molecule has 0 aromatic carbocycles. The Morgan fingerprint density at radius 3 is 2.53 bits per heavy atom. The van der Waals surface area contributed by atoms with E-state index in [2.05, 4.69) is 51.7 Å². The summed E-state index contributed by atoms with van der Waals surface area (Å²) in [6.07, 6.45) is 18.0. The van der Waals surface area contributed by atoms with Crippen molar-refractivity contribution >= 4 is 0 Å². The van der Waals surface area contributed by atoms with Crippen LogP contribution in [0.4, 0.5) is 0 Å². The zero-order valence-electron chi connectivity index (χ0n) is 20.0. The Balaban J connectivity index is 1.75. The van der Waals surface area contributed by atoms with Gasteiger partial charge in [0.05, 0.1) is 11.7 Å². The molecule has 3 aliphatic rings. The lowest BCUT2D eigenvalue weighted by molar-refractivity contribution is 0.0436. The van der Waals surface area contributed by atoms with Crippen LogP contribution in [0, 0.1) is 29.1 Å². The molecule has 0 aromatic rings. The highest BCUT2D eigenvalue weighted by atomic mass is 16.3. The molecule has 0 heterocycles. The molecule has 2 nitrogen and oxygen atoms in total. The van der Waals surface area contributed by atoms with Crippen LogP contribution in [0.2, 0.25) is 0 Å². The van der Waals surface area contributed by atoms with Gasteiger partial charge in [-0.15, -0.1) is 0 Å². The van der Waals surface area contributed by atoms with Crippen LogP contribution in [0.15, 0.2) is 47.6 Å². The van der Waals surface area contributed by atoms with Gasteiger partial charge in [0.2, 0.25) is 0 Å². The normalized spacial score (nSPS) is 37.7. The number of allylic oxidation sites excluding steroid dienone is 5. The van der Waals surface area contributed by atoms with Gasteiger partial charge in [-0.1, -0.05) is 62.8 Å². The third-order valence-electron chi connectivity index (χ3n) is 8.68. The van der Waals surface area contributed by atoms with Crippen molar-refractivity contribution in [3.8, 4) is 0 Å². The summed E-state index contributed by atoms with van der Waals surface area (Å²) in [6, 6.07) is 0. The highest BCUT2D eigenvalue weighted by molar-refractivity contribution is 5.36. The molecule has 0 amide bonds. The summed E-state index contributed by atoms with van der Waals surface area (Å²) >= 11 is 0. The van der Waals surface area contributed by atoms with Crippen molar-refractivity contribution in [1.82, 2.24) is 0 Å². The molecular weight excluding hydrogens is 368 g/mol. The van der Waals surface area contributed by atoms with E-state index < -0.39 is 5.60 Å². The van der Waals surface area contributed by atoms with Gasteiger partial charge in [-0.05, 0) is 94.0 Å². The topological polar surface area (TPSA) is 40.5 Å². The monoisotopic (exact) mass is 412 g/mol. The second kappa shape index (κ2) is 9.17. The van der Waals surface area contributed by atoms with Gasteiger partial charge in [0, 0.05) is 5.92 Å². The quantitative estimate of drug-likeness (QED) is 0.490. The maximum atomic E-state index is 10.3. The Labute approximate surface area is 184 Å². The van der Waals surface area contributed by atoms with Gasteiger partial charge in [0.15, 0.2) is 0 Å². The zero-order chi connectivity index (χ0) is 22.1. The summed E-state index contributed by atoms with van der Waals surface area (Å²) in [4.78, 5) is 0. The fourth-order valence-electron chi connectivity index (χ4n) is 6.25. The molecule has 0 saturated heterocycles. The maximum absolute atomic E-state index is 10.3. The minimum Gasteiger partial charge on any atom is -0.393 e. The highest BCUT2D eigenvalue weighted by Crippen LogP contribution is 2.59. The lowest BCUT2D eigenvalue weighted by Gasteiger charge is -2.44. The standard InChI is InChI=1S/C28H44O2/c1-19-10-14-24(29)18-23(19)13-12-22-8-7-17-28(6)25(15-16-26(22)28)20(2)9-11-21(3)27(4,5)30/h9,11-13,20-21,24-26,29-30H,1,7-8,10,14-18H2,2-6H3/b11-9+,22-12?,23-13-/t20-,21+,24+,25-,26+,28-/m1/s1. The van der Waals surface area contributed by atoms with E-state index in [-0.39, 0.29) is 12.0 Å². The van der Waals surface area contributed by atoms with Gasteiger partial charge < -0.3 is 10.2 Å². The number of rotatable bonds is 5. The summed E-state index contributed by atoms with van der Waals surface area (Å²) in [6.45, 7) is 15.0. The number of aliphatic hydroxyl groups is 2. The Kier molecular flexibility index (Phi) is 7.19. The summed E-state index contributed by atoms with van der Waals surface area (Å²) in [5.41, 5.74) is 3.78. The minimum absolute atomic E-state index is 0.164. The van der Waals surface area contributed by atoms with E-state index in [1.165, 1.54) is 43.3 Å². The van der Waals surface area contributed by atoms with Crippen LogP contribution in [0.5, 0.6) is 0 Å². The lowest BCUT2D eigenvalue weighted by Crippen LogP contribution is -2.35. The Morgan fingerprint density at radius 2 is 1.83 bits per heavy atom. The molecule has 3 fully saturated rings. The molecule has 0 aliphatic heterocycles. The molecule has 3 rings (SSSR count). The van der Waals surface area contributed by atoms with E-state index in [9.17, 15) is 10.2 Å². The number of aliphatic hydroxyl groups excluding tert-OH is 1. The van der Waals surface area contributed by atoms with Gasteiger partial charge in [0.25, 0.3) is 0 Å². The summed E-state index contributed by atoms with van der Waals surface area (Å²) in [7, 11) is 0. The molecule has 2 heteroatoms. The van der Waals surface area contributed by atoms with Crippen LogP contribution in [0.3, 0.4) is 0 Å². The number of hydrogen-bond donors (Lipinski definition) is 2. The van der Waals surface area contributed by atoms with Crippen molar-refractivity contribution in [2.24, 2.45) is 29.1 Å². The molecule has 6 atom stereocenters. The maximum Gasteiger partial charge on any atom is 0.0651 e. The van der Waals surface area contributed by atoms with Crippen molar-refractivity contribution in [3.05, 3.63) is 47.6 Å². The Morgan fingerprint density at radius 1 is 1.10 bits per heavy atom. The predicted octanol–water partition coefficient (Wildman–Crippen LogP) is 6.76. The predicted molar refractivity (Wildman–Crippen MR) is 127 cm³/mol. The molecular formula is C28H44O2. The first-order valence-corrected chi connectivity index (χ1v) is 12.2. The van der Waals surface area contributed by atoms with E-state index >= 15 is 0 Å². The van der Waals surface area contributed by atoms with Crippen LogP contribution in [0.1, 0.15) is 86.0 Å². The molecule has 0 unspecified atom stereocenters. The van der Waals surface area contributed by atoms with Crippen LogP contribution < -0.4 is 0 Å². The number of hydrogen-bond acceptors (Lipinski definition) is 2. The molecule has 0 spiro atoms.